The number of ether oxygens (including phenoxy) is 1. The summed E-state index contributed by atoms with van der Waals surface area (Å²) in [6.07, 6.45) is 6.16. The second-order valence-corrected chi connectivity index (χ2v) is 8.86. The predicted molar refractivity (Wildman–Crippen MR) is 116 cm³/mol. The zero-order valence-corrected chi connectivity index (χ0v) is 17.8. The van der Waals surface area contributed by atoms with Crippen molar-refractivity contribution in [2.75, 3.05) is 44.8 Å². The molecule has 30 heavy (non-hydrogen) atoms. The lowest BCUT2D eigenvalue weighted by atomic mass is 9.78. The summed E-state index contributed by atoms with van der Waals surface area (Å²) in [6, 6.07) is 10.2. The van der Waals surface area contributed by atoms with Gasteiger partial charge in [0.1, 0.15) is 5.82 Å². The molecule has 0 radical (unpaired) electrons. The zero-order valence-electron chi connectivity index (χ0n) is 17.8. The Balaban J connectivity index is 1.44. The van der Waals surface area contributed by atoms with Crippen LogP contribution in [0.25, 0.3) is 11.4 Å². The van der Waals surface area contributed by atoms with Crippen LogP contribution in [0.1, 0.15) is 36.9 Å². The largest absolute Gasteiger partial charge is 0.383 e. The van der Waals surface area contributed by atoms with Gasteiger partial charge in [-0.1, -0.05) is 30.3 Å². The number of amides is 1. The van der Waals surface area contributed by atoms with E-state index in [2.05, 4.69) is 17.0 Å². The average molecular weight is 407 g/mol. The molecule has 5 rings (SSSR count). The van der Waals surface area contributed by atoms with Gasteiger partial charge in [0.25, 0.3) is 0 Å². The Morgan fingerprint density at radius 3 is 2.77 bits per heavy atom. The summed E-state index contributed by atoms with van der Waals surface area (Å²) in [6.45, 7) is 3.81. The first-order chi connectivity index (χ1) is 14.7. The third-order valence-corrected chi connectivity index (χ3v) is 6.99. The van der Waals surface area contributed by atoms with Crippen LogP contribution < -0.4 is 4.90 Å². The maximum Gasteiger partial charge on any atom is 0.230 e. The molecule has 0 unspecified atom stereocenters. The molecule has 3 heterocycles. The molecule has 1 aliphatic carbocycles. The summed E-state index contributed by atoms with van der Waals surface area (Å²) in [5.74, 6) is 2.18. The zero-order chi connectivity index (χ0) is 20.6. The molecule has 1 aromatic carbocycles. The fourth-order valence-electron chi connectivity index (χ4n) is 5.39. The van der Waals surface area contributed by atoms with Crippen molar-refractivity contribution < 1.29 is 9.53 Å². The van der Waals surface area contributed by atoms with Crippen LogP contribution in [-0.2, 0) is 22.4 Å². The number of nitrogens with zero attached hydrogens (tertiary/aromatic N) is 4. The number of benzene rings is 1. The third-order valence-electron chi connectivity index (χ3n) is 6.99. The summed E-state index contributed by atoms with van der Waals surface area (Å²) in [7, 11) is 1.70. The molecule has 1 atom stereocenters. The number of anilines is 1. The number of aryl methyl sites for hydroxylation is 1. The number of piperidine rings is 1. The normalized spacial score (nSPS) is 23.4. The first-order valence-corrected chi connectivity index (χ1v) is 11.2. The quantitative estimate of drug-likeness (QED) is 0.764. The summed E-state index contributed by atoms with van der Waals surface area (Å²) in [5.41, 5.74) is 3.28. The second kappa shape index (κ2) is 7.99. The van der Waals surface area contributed by atoms with Gasteiger partial charge in [-0.05, 0) is 38.5 Å². The molecule has 3 aliphatic rings. The summed E-state index contributed by atoms with van der Waals surface area (Å²) in [4.78, 5) is 27.7. The number of hydrogen-bond donors (Lipinski definition) is 0. The fourth-order valence-corrected chi connectivity index (χ4v) is 5.39. The highest BCUT2D eigenvalue weighted by Gasteiger charge is 2.49. The van der Waals surface area contributed by atoms with E-state index in [4.69, 9.17) is 14.7 Å². The van der Waals surface area contributed by atoms with Gasteiger partial charge in [-0.15, -0.1) is 0 Å². The first-order valence-electron chi connectivity index (χ1n) is 11.2. The minimum atomic E-state index is -0.269. The molecule has 6 nitrogen and oxygen atoms in total. The topological polar surface area (TPSA) is 58.6 Å². The van der Waals surface area contributed by atoms with E-state index in [1.807, 2.05) is 23.1 Å². The molecule has 1 amide bonds. The Kier molecular flexibility index (Phi) is 5.19. The van der Waals surface area contributed by atoms with Gasteiger partial charge >= 0.3 is 0 Å². The Bertz CT molecular complexity index is 932. The molecule has 0 saturated carbocycles. The van der Waals surface area contributed by atoms with Crippen LogP contribution in [-0.4, -0.2) is 60.7 Å². The lowest BCUT2D eigenvalue weighted by Crippen LogP contribution is -2.51. The van der Waals surface area contributed by atoms with Crippen LogP contribution in [0.4, 0.5) is 5.82 Å². The first kappa shape index (κ1) is 19.5. The second-order valence-electron chi connectivity index (χ2n) is 8.86. The molecule has 0 bridgehead atoms. The van der Waals surface area contributed by atoms with Crippen LogP contribution in [0, 0.1) is 5.41 Å². The minimum Gasteiger partial charge on any atom is -0.383 e. The minimum absolute atomic E-state index is 0.269. The molecule has 1 spiro atoms. The van der Waals surface area contributed by atoms with Crippen molar-refractivity contribution in [2.24, 2.45) is 5.41 Å². The van der Waals surface area contributed by atoms with E-state index in [9.17, 15) is 4.79 Å². The van der Waals surface area contributed by atoms with E-state index < -0.39 is 0 Å². The Morgan fingerprint density at radius 1 is 1.07 bits per heavy atom. The van der Waals surface area contributed by atoms with Crippen molar-refractivity contribution in [3.63, 3.8) is 0 Å². The van der Waals surface area contributed by atoms with Crippen molar-refractivity contribution in [3.8, 4) is 11.4 Å². The molecule has 2 fully saturated rings. The Hall–Kier alpha value is -2.47. The molecule has 158 valence electrons. The number of methoxy groups -OCH3 is 1. The summed E-state index contributed by atoms with van der Waals surface area (Å²) in [5, 5.41) is 0. The molecule has 0 N–H and O–H groups in total. The van der Waals surface area contributed by atoms with Crippen LogP contribution in [0.5, 0.6) is 0 Å². The summed E-state index contributed by atoms with van der Waals surface area (Å²) < 4.78 is 5.22. The molecular formula is C24H30N4O2. The number of likely N-dealkylation sites (tertiary alicyclic amines) is 1. The molecule has 2 aromatic rings. The van der Waals surface area contributed by atoms with E-state index in [1.54, 1.807) is 7.11 Å². The number of carbonyl (C=O) groups is 1. The monoisotopic (exact) mass is 406 g/mol. The number of fused-ring (bicyclic) bond motifs is 1. The molecule has 6 heteroatoms. The van der Waals surface area contributed by atoms with E-state index in [1.165, 1.54) is 11.3 Å². The standard InChI is InChI=1S/C24H30N4O2/c1-30-16-15-27-13-6-11-24(23(27)29)12-14-28(17-24)22-19-9-5-10-20(19)25-21(26-22)18-7-3-2-4-8-18/h2-4,7-8H,5-6,9-17H2,1H3/t24-/m1/s1. The van der Waals surface area contributed by atoms with Crippen molar-refractivity contribution in [1.29, 1.82) is 0 Å². The number of aromatic nitrogens is 2. The van der Waals surface area contributed by atoms with E-state index in [-0.39, 0.29) is 5.41 Å². The highest BCUT2D eigenvalue weighted by molar-refractivity contribution is 5.85. The lowest BCUT2D eigenvalue weighted by Gasteiger charge is -2.39. The maximum atomic E-state index is 13.4. The van der Waals surface area contributed by atoms with Gasteiger partial charge in [0.2, 0.25) is 5.91 Å². The number of hydrogen-bond acceptors (Lipinski definition) is 5. The van der Waals surface area contributed by atoms with Crippen molar-refractivity contribution in [2.45, 2.75) is 38.5 Å². The van der Waals surface area contributed by atoms with Crippen molar-refractivity contribution in [1.82, 2.24) is 14.9 Å². The van der Waals surface area contributed by atoms with Crippen LogP contribution in [0.2, 0.25) is 0 Å². The van der Waals surface area contributed by atoms with Crippen LogP contribution >= 0.6 is 0 Å². The Morgan fingerprint density at radius 2 is 1.93 bits per heavy atom. The van der Waals surface area contributed by atoms with Gasteiger partial charge in [0.05, 0.1) is 12.0 Å². The smallest absolute Gasteiger partial charge is 0.230 e. The summed E-state index contributed by atoms with van der Waals surface area (Å²) >= 11 is 0. The lowest BCUT2D eigenvalue weighted by molar-refractivity contribution is -0.145. The molecule has 2 aliphatic heterocycles. The highest BCUT2D eigenvalue weighted by Crippen LogP contribution is 2.43. The molecule has 1 aromatic heterocycles. The maximum absolute atomic E-state index is 13.4. The third kappa shape index (κ3) is 3.37. The fraction of sp³-hybridized carbons (Fsp3) is 0.542. The molecular weight excluding hydrogens is 376 g/mol. The highest BCUT2D eigenvalue weighted by atomic mass is 16.5. The van der Waals surface area contributed by atoms with Crippen LogP contribution in [0.3, 0.4) is 0 Å². The van der Waals surface area contributed by atoms with Gasteiger partial charge in [-0.2, -0.15) is 0 Å². The SMILES string of the molecule is COCCN1CCC[C@]2(CCN(c3nc(-c4ccccc4)nc4c3CCC4)C2)C1=O. The van der Waals surface area contributed by atoms with Gasteiger partial charge < -0.3 is 14.5 Å². The van der Waals surface area contributed by atoms with Gasteiger partial charge in [0.15, 0.2) is 5.82 Å². The van der Waals surface area contributed by atoms with Gasteiger partial charge in [-0.25, -0.2) is 9.97 Å². The molecule has 2 saturated heterocycles. The Labute approximate surface area is 178 Å². The average Bonchev–Trinajstić information content (AvgIpc) is 3.43. The van der Waals surface area contributed by atoms with E-state index >= 15 is 0 Å². The predicted octanol–water partition coefficient (Wildman–Crippen LogP) is 3.10. The van der Waals surface area contributed by atoms with Crippen LogP contribution in [0.15, 0.2) is 30.3 Å². The van der Waals surface area contributed by atoms with Crippen molar-refractivity contribution in [3.05, 3.63) is 41.6 Å². The van der Waals surface area contributed by atoms with Gasteiger partial charge in [0, 0.05) is 50.1 Å². The van der Waals surface area contributed by atoms with Crippen molar-refractivity contribution >= 4 is 11.7 Å². The number of rotatable bonds is 5. The number of carbonyl (C=O) groups excluding carboxylic acids is 1. The van der Waals surface area contributed by atoms with E-state index in [0.717, 1.165) is 75.4 Å². The van der Waals surface area contributed by atoms with Gasteiger partial charge in [-0.3, -0.25) is 4.79 Å². The van der Waals surface area contributed by atoms with E-state index in [0.29, 0.717) is 19.1 Å².